The van der Waals surface area contributed by atoms with Gasteiger partial charge in [0.25, 0.3) is 0 Å². The molecule has 2 atom stereocenters. The lowest BCUT2D eigenvalue weighted by Crippen LogP contribution is -2.42. The molecule has 118 valence electrons. The Morgan fingerprint density at radius 1 is 1.57 bits per heavy atom. The summed E-state index contributed by atoms with van der Waals surface area (Å²) in [5, 5.41) is 3.23. The number of amidine groups is 1. The van der Waals surface area contributed by atoms with E-state index in [0.29, 0.717) is 6.61 Å². The summed E-state index contributed by atoms with van der Waals surface area (Å²) >= 11 is 1.78. The molecule has 0 saturated carbocycles. The summed E-state index contributed by atoms with van der Waals surface area (Å²) in [7, 11) is 0. The molecule has 0 radical (unpaired) electrons. The van der Waals surface area contributed by atoms with Gasteiger partial charge in [-0.25, -0.2) is 0 Å². The first-order chi connectivity index (χ1) is 10.2. The number of unbranched alkanes of at least 4 members (excludes halogenated alkanes) is 1. The Bertz CT molecular complexity index is 412. The van der Waals surface area contributed by atoms with Crippen LogP contribution in [-0.2, 0) is 9.47 Å². The molecule has 0 aromatic rings. The van der Waals surface area contributed by atoms with Crippen LogP contribution < -0.4 is 5.32 Å². The van der Waals surface area contributed by atoms with E-state index in [1.54, 1.807) is 11.8 Å². The molecule has 1 saturated heterocycles. The fraction of sp³-hybridized carbons (Fsp3) is 0.667. The molecule has 2 heterocycles. The predicted octanol–water partition coefficient (Wildman–Crippen LogP) is 2.53. The molecule has 0 aliphatic carbocycles. The standard InChI is InChI=1S/C15H25N3O2S/c1-4-6-8-16-13-7-9-18(12(3)17-13)14-11-21-15(20-14)10-19-5-2/h7,9,14-15H,3-6,8,10-11H2,1-2H3,(H,16,17)/t14-,15+/m1/s1. The van der Waals surface area contributed by atoms with Gasteiger partial charge in [-0.05, 0) is 19.4 Å². The summed E-state index contributed by atoms with van der Waals surface area (Å²) in [6, 6.07) is 0. The Labute approximate surface area is 131 Å². The molecule has 6 heteroatoms. The second-order valence-electron chi connectivity index (χ2n) is 4.93. The molecule has 0 aromatic carbocycles. The SMILES string of the molecule is C=C1NC(=NCCCC)C=CN1[C@H]1CS[C@@H](COCC)O1. The van der Waals surface area contributed by atoms with Crippen molar-refractivity contribution >= 4 is 17.6 Å². The maximum atomic E-state index is 5.98. The van der Waals surface area contributed by atoms with Crippen LogP contribution in [0.4, 0.5) is 0 Å². The Morgan fingerprint density at radius 2 is 2.43 bits per heavy atom. The van der Waals surface area contributed by atoms with Crippen molar-refractivity contribution in [2.24, 2.45) is 4.99 Å². The molecule has 0 unspecified atom stereocenters. The van der Waals surface area contributed by atoms with Gasteiger partial charge < -0.3 is 19.7 Å². The number of ether oxygens (including phenoxy) is 2. The predicted molar refractivity (Wildman–Crippen MR) is 88.1 cm³/mol. The normalized spacial score (nSPS) is 27.4. The number of hydrogen-bond acceptors (Lipinski definition) is 5. The van der Waals surface area contributed by atoms with Gasteiger partial charge in [-0.1, -0.05) is 19.9 Å². The van der Waals surface area contributed by atoms with Gasteiger partial charge in [-0.2, -0.15) is 0 Å². The van der Waals surface area contributed by atoms with Crippen LogP contribution >= 0.6 is 11.8 Å². The van der Waals surface area contributed by atoms with Crippen molar-refractivity contribution in [3.05, 3.63) is 24.7 Å². The first-order valence-corrected chi connectivity index (χ1v) is 8.61. The highest BCUT2D eigenvalue weighted by Crippen LogP contribution is 2.29. The summed E-state index contributed by atoms with van der Waals surface area (Å²) < 4.78 is 11.4. The lowest BCUT2D eigenvalue weighted by molar-refractivity contribution is -0.0380. The molecule has 0 bridgehead atoms. The van der Waals surface area contributed by atoms with Crippen molar-refractivity contribution in [1.29, 1.82) is 0 Å². The molecule has 2 aliphatic heterocycles. The van der Waals surface area contributed by atoms with Gasteiger partial charge in [-0.15, -0.1) is 11.8 Å². The molecule has 0 spiro atoms. The van der Waals surface area contributed by atoms with Crippen molar-refractivity contribution < 1.29 is 9.47 Å². The quantitative estimate of drug-likeness (QED) is 0.732. The van der Waals surface area contributed by atoms with Crippen molar-refractivity contribution in [3.8, 4) is 0 Å². The Hall–Kier alpha value is -0.980. The fourth-order valence-corrected chi connectivity index (χ4v) is 3.12. The number of aliphatic imine (C=N–C) groups is 1. The summed E-state index contributed by atoms with van der Waals surface area (Å²) in [5.74, 6) is 2.60. The largest absolute Gasteiger partial charge is 0.378 e. The van der Waals surface area contributed by atoms with E-state index in [2.05, 4.69) is 23.8 Å². The Morgan fingerprint density at radius 3 is 3.14 bits per heavy atom. The minimum Gasteiger partial charge on any atom is -0.378 e. The highest BCUT2D eigenvalue weighted by atomic mass is 32.2. The summed E-state index contributed by atoms with van der Waals surface area (Å²) in [4.78, 5) is 6.53. The Kier molecular flexibility index (Phi) is 6.60. The number of nitrogens with one attached hydrogen (secondary N) is 1. The van der Waals surface area contributed by atoms with Crippen molar-refractivity contribution in [1.82, 2.24) is 10.2 Å². The minimum atomic E-state index is 0.00824. The first kappa shape index (κ1) is 16.4. The van der Waals surface area contributed by atoms with E-state index in [-0.39, 0.29) is 11.7 Å². The molecular formula is C15H25N3O2S. The van der Waals surface area contributed by atoms with Crippen LogP contribution in [0, 0.1) is 0 Å². The van der Waals surface area contributed by atoms with E-state index in [4.69, 9.17) is 9.47 Å². The number of hydrogen-bond donors (Lipinski definition) is 1. The third-order valence-electron chi connectivity index (χ3n) is 3.27. The van der Waals surface area contributed by atoms with Gasteiger partial charge in [0.15, 0.2) is 0 Å². The zero-order valence-electron chi connectivity index (χ0n) is 12.9. The maximum absolute atomic E-state index is 5.98. The van der Waals surface area contributed by atoms with Crippen LogP contribution in [-0.4, -0.2) is 47.9 Å². The summed E-state index contributed by atoms with van der Waals surface area (Å²) in [5.41, 5.74) is 0.107. The average molecular weight is 311 g/mol. The van der Waals surface area contributed by atoms with Gasteiger partial charge in [0.05, 0.1) is 6.61 Å². The van der Waals surface area contributed by atoms with E-state index in [9.17, 15) is 0 Å². The van der Waals surface area contributed by atoms with Gasteiger partial charge in [-0.3, -0.25) is 4.99 Å². The van der Waals surface area contributed by atoms with Crippen LogP contribution in [0.5, 0.6) is 0 Å². The second kappa shape index (κ2) is 8.46. The molecule has 0 amide bonds. The smallest absolute Gasteiger partial charge is 0.145 e. The molecule has 2 rings (SSSR count). The number of rotatable bonds is 7. The molecule has 1 fully saturated rings. The zero-order valence-corrected chi connectivity index (χ0v) is 13.7. The van der Waals surface area contributed by atoms with Gasteiger partial charge in [0.1, 0.15) is 23.3 Å². The molecular weight excluding hydrogens is 286 g/mol. The highest BCUT2D eigenvalue weighted by Gasteiger charge is 2.31. The fourth-order valence-electron chi connectivity index (χ4n) is 2.11. The van der Waals surface area contributed by atoms with Gasteiger partial charge in [0.2, 0.25) is 0 Å². The number of thioether (sulfide) groups is 1. The van der Waals surface area contributed by atoms with Crippen LogP contribution in [0.3, 0.4) is 0 Å². The van der Waals surface area contributed by atoms with E-state index >= 15 is 0 Å². The van der Waals surface area contributed by atoms with E-state index in [1.165, 1.54) is 0 Å². The van der Waals surface area contributed by atoms with Crippen LogP contribution in [0.2, 0.25) is 0 Å². The van der Waals surface area contributed by atoms with Gasteiger partial charge in [0, 0.05) is 25.1 Å². The van der Waals surface area contributed by atoms with Crippen LogP contribution in [0.1, 0.15) is 26.7 Å². The summed E-state index contributed by atoms with van der Waals surface area (Å²) in [6.45, 7) is 10.4. The lowest BCUT2D eigenvalue weighted by atomic mass is 10.3. The third-order valence-corrected chi connectivity index (χ3v) is 4.37. The molecule has 1 N–H and O–H groups in total. The third kappa shape index (κ3) is 4.76. The monoisotopic (exact) mass is 311 g/mol. The highest BCUT2D eigenvalue weighted by molar-refractivity contribution is 8.00. The average Bonchev–Trinajstić information content (AvgIpc) is 2.94. The maximum Gasteiger partial charge on any atom is 0.145 e. The van der Waals surface area contributed by atoms with Crippen molar-refractivity contribution in [3.63, 3.8) is 0 Å². The lowest BCUT2D eigenvalue weighted by Gasteiger charge is -2.31. The number of nitrogens with zero attached hydrogens (tertiary/aromatic N) is 2. The van der Waals surface area contributed by atoms with Crippen LogP contribution in [0.25, 0.3) is 0 Å². The van der Waals surface area contributed by atoms with Crippen molar-refractivity contribution in [2.45, 2.75) is 38.4 Å². The van der Waals surface area contributed by atoms with E-state index in [0.717, 1.165) is 43.4 Å². The molecule has 5 nitrogen and oxygen atoms in total. The minimum absolute atomic E-state index is 0.00824. The molecule has 2 aliphatic rings. The topological polar surface area (TPSA) is 46.1 Å². The molecule has 21 heavy (non-hydrogen) atoms. The van der Waals surface area contributed by atoms with E-state index in [1.807, 2.05) is 24.1 Å². The first-order valence-electron chi connectivity index (χ1n) is 7.56. The molecule has 0 aromatic heterocycles. The Balaban J connectivity index is 1.86. The second-order valence-corrected chi connectivity index (χ2v) is 6.12. The van der Waals surface area contributed by atoms with Crippen LogP contribution in [0.15, 0.2) is 29.7 Å². The zero-order chi connectivity index (χ0) is 15.1. The summed E-state index contributed by atoms with van der Waals surface area (Å²) in [6.07, 6.45) is 6.25. The van der Waals surface area contributed by atoms with Gasteiger partial charge >= 0.3 is 0 Å². The van der Waals surface area contributed by atoms with E-state index < -0.39 is 0 Å². The van der Waals surface area contributed by atoms with Crippen molar-refractivity contribution in [2.75, 3.05) is 25.5 Å².